The summed E-state index contributed by atoms with van der Waals surface area (Å²) in [6.45, 7) is 5.77. The molecule has 0 radical (unpaired) electrons. The Balaban J connectivity index is 1.73. The highest BCUT2D eigenvalue weighted by Gasteiger charge is 2.32. The largest absolute Gasteiger partial charge is 0.358 e. The van der Waals surface area contributed by atoms with Gasteiger partial charge in [0.1, 0.15) is 0 Å². The lowest BCUT2D eigenvalue weighted by Crippen LogP contribution is -2.51. The molecule has 0 aromatic rings. The van der Waals surface area contributed by atoms with Crippen LogP contribution in [-0.4, -0.2) is 63.1 Å². The molecular weight excluding hydrogens is 302 g/mol. The number of hydrogen-bond acceptors (Lipinski definition) is 3. The van der Waals surface area contributed by atoms with Crippen LogP contribution in [0.5, 0.6) is 0 Å². The van der Waals surface area contributed by atoms with Crippen LogP contribution in [0.25, 0.3) is 0 Å². The van der Waals surface area contributed by atoms with Gasteiger partial charge in [0.05, 0.1) is 6.54 Å². The molecule has 1 saturated carbocycles. The number of nitrogens with one attached hydrogen (secondary N) is 3. The summed E-state index contributed by atoms with van der Waals surface area (Å²) in [5.74, 6) is 1.03. The van der Waals surface area contributed by atoms with Gasteiger partial charge in [-0.25, -0.2) is 0 Å². The fourth-order valence-electron chi connectivity index (χ4n) is 3.96. The second-order valence-electron chi connectivity index (χ2n) is 7.35. The monoisotopic (exact) mass is 337 g/mol. The fourth-order valence-corrected chi connectivity index (χ4v) is 3.96. The molecule has 1 saturated heterocycles. The number of rotatable bonds is 6. The number of likely N-dealkylation sites (N-methyl/N-ethyl adjacent to an activating group) is 1. The number of likely N-dealkylation sites (tertiary alicyclic amines) is 1. The maximum Gasteiger partial charge on any atom is 0.233 e. The zero-order valence-electron chi connectivity index (χ0n) is 15.7. The summed E-state index contributed by atoms with van der Waals surface area (Å²) < 4.78 is 0. The third-order valence-corrected chi connectivity index (χ3v) is 5.84. The average molecular weight is 338 g/mol. The van der Waals surface area contributed by atoms with Crippen molar-refractivity contribution in [1.82, 2.24) is 20.9 Å². The van der Waals surface area contributed by atoms with Crippen LogP contribution >= 0.6 is 0 Å². The highest BCUT2D eigenvalue weighted by atomic mass is 16.1. The quantitative estimate of drug-likeness (QED) is 0.505. The normalized spacial score (nSPS) is 22.4. The van der Waals surface area contributed by atoms with Crippen LogP contribution in [0, 0.1) is 5.41 Å². The number of amides is 1. The van der Waals surface area contributed by atoms with Gasteiger partial charge in [-0.05, 0) is 37.5 Å². The summed E-state index contributed by atoms with van der Waals surface area (Å²) in [7, 11) is 3.54. The van der Waals surface area contributed by atoms with Crippen LogP contribution in [0.15, 0.2) is 4.99 Å². The molecule has 2 aliphatic rings. The van der Waals surface area contributed by atoms with Crippen molar-refractivity contribution >= 4 is 11.9 Å². The highest BCUT2D eigenvalue weighted by molar-refractivity contribution is 5.80. The lowest BCUT2D eigenvalue weighted by atomic mass is 9.83. The molecule has 2 rings (SSSR count). The second-order valence-corrected chi connectivity index (χ2v) is 7.35. The number of carbonyl (C=O) groups excluding carboxylic acids is 1. The van der Waals surface area contributed by atoms with Gasteiger partial charge in [0.25, 0.3) is 0 Å². The molecule has 6 nitrogen and oxygen atoms in total. The van der Waals surface area contributed by atoms with Crippen LogP contribution in [0.1, 0.15) is 51.9 Å². The van der Waals surface area contributed by atoms with Crippen molar-refractivity contribution in [1.29, 1.82) is 0 Å². The van der Waals surface area contributed by atoms with Gasteiger partial charge in [-0.1, -0.05) is 19.8 Å². The Morgan fingerprint density at radius 2 is 1.92 bits per heavy atom. The lowest BCUT2D eigenvalue weighted by Gasteiger charge is -2.33. The zero-order valence-corrected chi connectivity index (χ0v) is 15.7. The first kappa shape index (κ1) is 19.0. The molecule has 2 fully saturated rings. The van der Waals surface area contributed by atoms with Gasteiger partial charge in [0, 0.05) is 39.8 Å². The van der Waals surface area contributed by atoms with Crippen molar-refractivity contribution in [2.45, 2.75) is 57.9 Å². The van der Waals surface area contributed by atoms with Crippen molar-refractivity contribution in [3.8, 4) is 0 Å². The van der Waals surface area contributed by atoms with Gasteiger partial charge in [0.15, 0.2) is 5.96 Å². The molecule has 0 bridgehead atoms. The Bertz CT molecular complexity index is 423. The van der Waals surface area contributed by atoms with Crippen LogP contribution in [0.2, 0.25) is 0 Å². The molecule has 1 aliphatic heterocycles. The maximum atomic E-state index is 11.5. The minimum absolute atomic E-state index is 0.0975. The molecule has 1 aliphatic carbocycles. The summed E-state index contributed by atoms with van der Waals surface area (Å²) in [5, 5.41) is 9.83. The smallest absolute Gasteiger partial charge is 0.233 e. The molecule has 1 amide bonds. The Kier molecular flexibility index (Phi) is 7.34. The van der Waals surface area contributed by atoms with Gasteiger partial charge in [-0.2, -0.15) is 0 Å². The van der Waals surface area contributed by atoms with E-state index in [2.05, 4.69) is 32.8 Å². The first-order chi connectivity index (χ1) is 11.6. The molecule has 0 aromatic carbocycles. The average Bonchev–Trinajstić information content (AvgIpc) is 3.09. The molecule has 0 atom stereocenters. The van der Waals surface area contributed by atoms with E-state index in [9.17, 15) is 4.79 Å². The SMILES string of the molecule is CCC1(CNC(=NC)NC2CCN(CC(=O)NC)CC2)CCCC1. The first-order valence-corrected chi connectivity index (χ1v) is 9.51. The number of guanidine groups is 1. The van der Waals surface area contributed by atoms with E-state index in [4.69, 9.17) is 0 Å². The molecule has 0 spiro atoms. The van der Waals surface area contributed by atoms with Crippen LogP contribution in [0.3, 0.4) is 0 Å². The summed E-state index contributed by atoms with van der Waals surface area (Å²) >= 11 is 0. The summed E-state index contributed by atoms with van der Waals surface area (Å²) in [4.78, 5) is 18.1. The number of aliphatic imine (C=N–C) groups is 1. The summed E-state index contributed by atoms with van der Waals surface area (Å²) in [6, 6.07) is 0.443. The van der Waals surface area contributed by atoms with E-state index in [1.54, 1.807) is 7.05 Å². The second kappa shape index (κ2) is 9.25. The Hall–Kier alpha value is -1.30. The number of hydrogen-bond donors (Lipinski definition) is 3. The van der Waals surface area contributed by atoms with Gasteiger partial charge in [0.2, 0.25) is 5.91 Å². The molecule has 0 aromatic heterocycles. The molecule has 138 valence electrons. The van der Waals surface area contributed by atoms with E-state index < -0.39 is 0 Å². The highest BCUT2D eigenvalue weighted by Crippen LogP contribution is 2.40. The molecular formula is C18H35N5O. The number of carbonyl (C=O) groups is 1. The van der Waals surface area contributed by atoms with Gasteiger partial charge < -0.3 is 16.0 Å². The zero-order chi connectivity index (χ0) is 17.4. The number of nitrogens with zero attached hydrogens (tertiary/aromatic N) is 2. The van der Waals surface area contributed by atoms with E-state index in [-0.39, 0.29) is 5.91 Å². The van der Waals surface area contributed by atoms with E-state index in [0.717, 1.165) is 38.4 Å². The van der Waals surface area contributed by atoms with Crippen LogP contribution in [-0.2, 0) is 4.79 Å². The summed E-state index contributed by atoms with van der Waals surface area (Å²) in [6.07, 6.45) is 8.76. The van der Waals surface area contributed by atoms with Gasteiger partial charge >= 0.3 is 0 Å². The predicted octanol–water partition coefficient (Wildman–Crippen LogP) is 1.33. The Morgan fingerprint density at radius 3 is 2.46 bits per heavy atom. The summed E-state index contributed by atoms with van der Waals surface area (Å²) in [5.41, 5.74) is 0.467. The molecule has 3 N–H and O–H groups in total. The molecule has 0 unspecified atom stereocenters. The predicted molar refractivity (Wildman–Crippen MR) is 99.2 cm³/mol. The van der Waals surface area contributed by atoms with E-state index >= 15 is 0 Å². The minimum Gasteiger partial charge on any atom is -0.358 e. The Morgan fingerprint density at radius 1 is 1.25 bits per heavy atom. The molecule has 1 heterocycles. The molecule has 6 heteroatoms. The molecule has 24 heavy (non-hydrogen) atoms. The third-order valence-electron chi connectivity index (χ3n) is 5.84. The maximum absolute atomic E-state index is 11.5. The third kappa shape index (κ3) is 5.36. The number of piperidine rings is 1. The van der Waals surface area contributed by atoms with Crippen LogP contribution < -0.4 is 16.0 Å². The van der Waals surface area contributed by atoms with E-state index in [0.29, 0.717) is 18.0 Å². The minimum atomic E-state index is 0.0975. The topological polar surface area (TPSA) is 68.8 Å². The van der Waals surface area contributed by atoms with E-state index in [1.165, 1.54) is 32.1 Å². The van der Waals surface area contributed by atoms with Crippen LogP contribution in [0.4, 0.5) is 0 Å². The van der Waals surface area contributed by atoms with Crippen molar-refractivity contribution in [2.75, 3.05) is 40.3 Å². The lowest BCUT2D eigenvalue weighted by molar-refractivity contribution is -0.122. The standard InChI is InChI=1S/C18H35N5O/c1-4-18(9-5-6-10-18)14-21-17(20-3)22-15-7-11-23(12-8-15)13-16(24)19-2/h15H,4-14H2,1-3H3,(H,19,24)(H2,20,21,22). The van der Waals surface area contributed by atoms with Crippen molar-refractivity contribution in [3.63, 3.8) is 0 Å². The van der Waals surface area contributed by atoms with E-state index in [1.807, 2.05) is 7.05 Å². The van der Waals surface area contributed by atoms with Crippen molar-refractivity contribution < 1.29 is 4.79 Å². The van der Waals surface area contributed by atoms with Gasteiger partial charge in [-0.15, -0.1) is 0 Å². The fraction of sp³-hybridized carbons (Fsp3) is 0.889. The van der Waals surface area contributed by atoms with Crippen molar-refractivity contribution in [3.05, 3.63) is 0 Å². The first-order valence-electron chi connectivity index (χ1n) is 9.51. The van der Waals surface area contributed by atoms with Crippen molar-refractivity contribution in [2.24, 2.45) is 10.4 Å². The van der Waals surface area contributed by atoms with Gasteiger partial charge in [-0.3, -0.25) is 14.7 Å². The Labute approximate surface area is 146 Å².